The molecule has 1 heterocycles. The van der Waals surface area contributed by atoms with E-state index in [0.29, 0.717) is 0 Å². The Morgan fingerprint density at radius 1 is 1.12 bits per heavy atom. The quantitative estimate of drug-likeness (QED) is 0.735. The second-order valence-corrected chi connectivity index (χ2v) is 4.33. The summed E-state index contributed by atoms with van der Waals surface area (Å²) in [6, 6.07) is 12.6. The van der Waals surface area contributed by atoms with Crippen LogP contribution in [0.2, 0.25) is 0 Å². The van der Waals surface area contributed by atoms with E-state index in [-0.39, 0.29) is 0 Å². The van der Waals surface area contributed by atoms with E-state index in [4.69, 9.17) is 4.74 Å². The van der Waals surface area contributed by atoms with E-state index < -0.39 is 0 Å². The van der Waals surface area contributed by atoms with Crippen molar-refractivity contribution in [3.63, 3.8) is 0 Å². The molecule has 0 unspecified atom stereocenters. The van der Waals surface area contributed by atoms with Crippen LogP contribution in [0.15, 0.2) is 42.6 Å². The number of aryl methyl sites for hydroxylation is 2. The molecule has 88 valence electrons. The van der Waals surface area contributed by atoms with Crippen molar-refractivity contribution in [3.8, 4) is 5.75 Å². The summed E-state index contributed by atoms with van der Waals surface area (Å²) in [6.45, 7) is 2.12. The Morgan fingerprint density at radius 2 is 1.82 bits per heavy atom. The fourth-order valence-electron chi connectivity index (χ4n) is 1.87. The van der Waals surface area contributed by atoms with Crippen LogP contribution in [0.4, 0.5) is 0 Å². The SMILES string of the molecule is COc1ccc(Cc2cc(C)cc[n+]2C)cc1. The van der Waals surface area contributed by atoms with Crippen LogP contribution in [0.3, 0.4) is 0 Å². The van der Waals surface area contributed by atoms with Gasteiger partial charge in [0.05, 0.1) is 13.5 Å². The maximum atomic E-state index is 5.16. The van der Waals surface area contributed by atoms with Gasteiger partial charge in [-0.3, -0.25) is 0 Å². The van der Waals surface area contributed by atoms with Gasteiger partial charge >= 0.3 is 0 Å². The number of ether oxygens (including phenoxy) is 1. The molecule has 0 radical (unpaired) electrons. The van der Waals surface area contributed by atoms with Gasteiger partial charge in [0.1, 0.15) is 12.8 Å². The fourth-order valence-corrected chi connectivity index (χ4v) is 1.87. The lowest BCUT2D eigenvalue weighted by atomic mass is 10.1. The van der Waals surface area contributed by atoms with Crippen LogP contribution in [0, 0.1) is 6.92 Å². The Kier molecular flexibility index (Phi) is 3.43. The van der Waals surface area contributed by atoms with Crippen LogP contribution in [0.1, 0.15) is 16.8 Å². The highest BCUT2D eigenvalue weighted by molar-refractivity contribution is 5.29. The average molecular weight is 228 g/mol. The number of hydrogen-bond acceptors (Lipinski definition) is 1. The number of benzene rings is 1. The number of aromatic nitrogens is 1. The van der Waals surface area contributed by atoms with Crippen LogP contribution in [0.5, 0.6) is 5.75 Å². The number of hydrogen-bond donors (Lipinski definition) is 0. The maximum absolute atomic E-state index is 5.16. The predicted molar refractivity (Wildman–Crippen MR) is 68.2 cm³/mol. The summed E-state index contributed by atoms with van der Waals surface area (Å²) in [5, 5.41) is 0. The van der Waals surface area contributed by atoms with E-state index in [1.165, 1.54) is 16.8 Å². The van der Waals surface area contributed by atoms with Gasteiger partial charge in [0, 0.05) is 12.1 Å². The summed E-state index contributed by atoms with van der Waals surface area (Å²) in [5.74, 6) is 0.905. The lowest BCUT2D eigenvalue weighted by Gasteiger charge is -2.03. The molecule has 0 aliphatic rings. The van der Waals surface area contributed by atoms with Crippen molar-refractivity contribution in [2.45, 2.75) is 13.3 Å². The molecule has 2 aromatic rings. The van der Waals surface area contributed by atoms with Gasteiger partial charge in [0.15, 0.2) is 11.9 Å². The van der Waals surface area contributed by atoms with Gasteiger partial charge in [-0.05, 0) is 30.2 Å². The van der Waals surface area contributed by atoms with Crippen molar-refractivity contribution < 1.29 is 9.30 Å². The van der Waals surface area contributed by atoms with E-state index in [1.807, 2.05) is 12.1 Å². The molecular weight excluding hydrogens is 210 g/mol. The molecule has 1 aromatic carbocycles. The van der Waals surface area contributed by atoms with Crippen molar-refractivity contribution in [2.24, 2.45) is 7.05 Å². The van der Waals surface area contributed by atoms with Gasteiger partial charge in [-0.2, -0.15) is 0 Å². The third kappa shape index (κ3) is 2.84. The molecule has 0 aliphatic heterocycles. The smallest absolute Gasteiger partial charge is 0.185 e. The first-order chi connectivity index (χ1) is 8.19. The Balaban J connectivity index is 2.22. The third-order valence-electron chi connectivity index (χ3n) is 2.95. The van der Waals surface area contributed by atoms with Gasteiger partial charge < -0.3 is 4.74 Å². The normalized spacial score (nSPS) is 10.3. The van der Waals surface area contributed by atoms with Gasteiger partial charge in [0.25, 0.3) is 0 Å². The number of rotatable bonds is 3. The maximum Gasteiger partial charge on any atom is 0.185 e. The molecule has 0 saturated heterocycles. The average Bonchev–Trinajstić information content (AvgIpc) is 2.35. The van der Waals surface area contributed by atoms with Crippen LogP contribution in [-0.2, 0) is 13.5 Å². The first-order valence-corrected chi connectivity index (χ1v) is 5.77. The van der Waals surface area contributed by atoms with E-state index in [2.05, 4.69) is 49.0 Å². The highest BCUT2D eigenvalue weighted by Crippen LogP contribution is 2.13. The van der Waals surface area contributed by atoms with Crippen LogP contribution < -0.4 is 9.30 Å². The minimum atomic E-state index is 0.905. The molecule has 2 nitrogen and oxygen atoms in total. The van der Waals surface area contributed by atoms with Crippen molar-refractivity contribution >= 4 is 0 Å². The zero-order valence-corrected chi connectivity index (χ0v) is 10.6. The number of pyridine rings is 1. The molecule has 1 aromatic heterocycles. The molecule has 0 spiro atoms. The summed E-state index contributed by atoms with van der Waals surface area (Å²) in [5.41, 5.74) is 3.91. The van der Waals surface area contributed by atoms with Crippen LogP contribution in [-0.4, -0.2) is 7.11 Å². The van der Waals surface area contributed by atoms with Crippen LogP contribution in [0.25, 0.3) is 0 Å². The number of methoxy groups -OCH3 is 1. The minimum absolute atomic E-state index is 0.905. The van der Waals surface area contributed by atoms with Gasteiger partial charge in [0.2, 0.25) is 0 Å². The summed E-state index contributed by atoms with van der Waals surface area (Å²) in [4.78, 5) is 0. The summed E-state index contributed by atoms with van der Waals surface area (Å²) in [7, 11) is 3.77. The monoisotopic (exact) mass is 228 g/mol. The zero-order valence-electron chi connectivity index (χ0n) is 10.6. The Morgan fingerprint density at radius 3 is 2.47 bits per heavy atom. The molecule has 2 rings (SSSR count). The third-order valence-corrected chi connectivity index (χ3v) is 2.95. The molecule has 0 amide bonds. The van der Waals surface area contributed by atoms with Crippen molar-refractivity contribution in [2.75, 3.05) is 7.11 Å². The first-order valence-electron chi connectivity index (χ1n) is 5.77. The Labute approximate surface area is 102 Å². The van der Waals surface area contributed by atoms with Crippen molar-refractivity contribution in [1.82, 2.24) is 0 Å². The molecule has 0 saturated carbocycles. The first kappa shape index (κ1) is 11.6. The predicted octanol–water partition coefficient (Wildman–Crippen LogP) is 2.42. The standard InChI is InChI=1S/C15H18NO/c1-12-8-9-16(2)14(10-12)11-13-4-6-15(17-3)7-5-13/h4-10H,11H2,1-3H3/q+1. The van der Waals surface area contributed by atoms with Crippen molar-refractivity contribution in [1.29, 1.82) is 0 Å². The van der Waals surface area contributed by atoms with E-state index >= 15 is 0 Å². The topological polar surface area (TPSA) is 13.1 Å². The molecule has 0 bridgehead atoms. The highest BCUT2D eigenvalue weighted by atomic mass is 16.5. The van der Waals surface area contributed by atoms with E-state index in [0.717, 1.165) is 12.2 Å². The summed E-state index contributed by atoms with van der Waals surface area (Å²) >= 11 is 0. The molecule has 17 heavy (non-hydrogen) atoms. The molecule has 0 aliphatic carbocycles. The van der Waals surface area contributed by atoms with Gasteiger partial charge in [-0.1, -0.05) is 12.1 Å². The molecule has 0 fully saturated rings. The van der Waals surface area contributed by atoms with E-state index in [1.54, 1.807) is 7.11 Å². The minimum Gasteiger partial charge on any atom is -0.497 e. The largest absolute Gasteiger partial charge is 0.497 e. The highest BCUT2D eigenvalue weighted by Gasteiger charge is 2.07. The van der Waals surface area contributed by atoms with Crippen LogP contribution >= 0.6 is 0 Å². The summed E-state index contributed by atoms with van der Waals surface area (Å²) in [6.07, 6.45) is 3.05. The lowest BCUT2D eigenvalue weighted by Crippen LogP contribution is -2.33. The van der Waals surface area contributed by atoms with Gasteiger partial charge in [-0.15, -0.1) is 0 Å². The fraction of sp³-hybridized carbons (Fsp3) is 0.267. The molecule has 0 atom stereocenters. The molecular formula is C15H18NO+. The van der Waals surface area contributed by atoms with Gasteiger partial charge in [-0.25, -0.2) is 4.57 Å². The zero-order chi connectivity index (χ0) is 12.3. The Hall–Kier alpha value is -1.83. The second kappa shape index (κ2) is 5.00. The molecule has 2 heteroatoms. The van der Waals surface area contributed by atoms with E-state index in [9.17, 15) is 0 Å². The molecule has 0 N–H and O–H groups in total. The number of nitrogens with zero attached hydrogens (tertiary/aromatic N) is 1. The summed E-state index contributed by atoms with van der Waals surface area (Å²) < 4.78 is 7.32. The van der Waals surface area contributed by atoms with Crippen molar-refractivity contribution in [3.05, 3.63) is 59.4 Å². The lowest BCUT2D eigenvalue weighted by molar-refractivity contribution is -0.678. The Bertz CT molecular complexity index is 503. The second-order valence-electron chi connectivity index (χ2n) is 4.33.